The van der Waals surface area contributed by atoms with Gasteiger partial charge in [0, 0.05) is 18.6 Å². The van der Waals surface area contributed by atoms with Crippen LogP contribution in [0.15, 0.2) is 0 Å². The Kier molecular flexibility index (Phi) is 6.11. The molecule has 2 aliphatic rings. The summed E-state index contributed by atoms with van der Waals surface area (Å²) >= 11 is 0. The van der Waals surface area contributed by atoms with Crippen molar-refractivity contribution in [3.8, 4) is 0 Å². The van der Waals surface area contributed by atoms with Gasteiger partial charge in [-0.05, 0) is 58.8 Å². The maximum atomic E-state index is 6.44. The molecular weight excluding hydrogens is 234 g/mol. The smallest absolute Gasteiger partial charge is 0.0247 e. The van der Waals surface area contributed by atoms with Gasteiger partial charge < -0.3 is 10.6 Å². The van der Waals surface area contributed by atoms with E-state index in [4.69, 9.17) is 5.73 Å². The molecule has 2 atom stereocenters. The fraction of sp³-hybridized carbons (Fsp3) is 1.00. The van der Waals surface area contributed by atoms with Gasteiger partial charge in [0.05, 0.1) is 0 Å². The van der Waals surface area contributed by atoms with E-state index in [9.17, 15) is 0 Å². The first-order valence-corrected chi connectivity index (χ1v) is 8.31. The molecular formula is C16H33N3. The molecule has 112 valence electrons. The summed E-state index contributed by atoms with van der Waals surface area (Å²) in [6, 6.07) is 1.09. The SMILES string of the molecule is CN(C)CC1CCN(C2CCCCCCC2N)CC1. The highest BCUT2D eigenvalue weighted by Gasteiger charge is 2.29. The molecule has 1 saturated heterocycles. The van der Waals surface area contributed by atoms with E-state index < -0.39 is 0 Å². The van der Waals surface area contributed by atoms with E-state index in [2.05, 4.69) is 23.9 Å². The average Bonchev–Trinajstić information content (AvgIpc) is 2.35. The molecule has 2 fully saturated rings. The third-order valence-corrected chi connectivity index (χ3v) is 5.02. The van der Waals surface area contributed by atoms with Crippen LogP contribution < -0.4 is 5.73 Å². The number of hydrogen-bond donors (Lipinski definition) is 1. The van der Waals surface area contributed by atoms with Crippen LogP contribution in [-0.4, -0.2) is 55.6 Å². The first-order chi connectivity index (χ1) is 9.16. The van der Waals surface area contributed by atoms with Gasteiger partial charge in [-0.1, -0.05) is 25.7 Å². The Morgan fingerprint density at radius 1 is 0.947 bits per heavy atom. The molecule has 0 aromatic rings. The van der Waals surface area contributed by atoms with E-state index in [0.717, 1.165) is 5.92 Å². The van der Waals surface area contributed by atoms with Crippen molar-refractivity contribution in [3.05, 3.63) is 0 Å². The van der Waals surface area contributed by atoms with Gasteiger partial charge in [-0.25, -0.2) is 0 Å². The largest absolute Gasteiger partial charge is 0.326 e. The fourth-order valence-corrected chi connectivity index (χ4v) is 3.93. The summed E-state index contributed by atoms with van der Waals surface area (Å²) in [5.41, 5.74) is 6.44. The molecule has 1 aliphatic carbocycles. The number of likely N-dealkylation sites (tertiary alicyclic amines) is 1. The summed E-state index contributed by atoms with van der Waals surface area (Å²) < 4.78 is 0. The van der Waals surface area contributed by atoms with E-state index in [1.165, 1.54) is 71.0 Å². The predicted molar refractivity (Wildman–Crippen MR) is 82.3 cm³/mol. The molecule has 0 spiro atoms. The van der Waals surface area contributed by atoms with Gasteiger partial charge in [0.2, 0.25) is 0 Å². The molecule has 0 aromatic carbocycles. The van der Waals surface area contributed by atoms with E-state index in [0.29, 0.717) is 12.1 Å². The Balaban J connectivity index is 1.81. The minimum Gasteiger partial charge on any atom is -0.326 e. The van der Waals surface area contributed by atoms with Gasteiger partial charge in [0.15, 0.2) is 0 Å². The Bertz CT molecular complexity index is 246. The first kappa shape index (κ1) is 15.3. The predicted octanol–water partition coefficient (Wildman–Crippen LogP) is 2.31. The van der Waals surface area contributed by atoms with Gasteiger partial charge in [-0.2, -0.15) is 0 Å². The molecule has 1 aliphatic heterocycles. The lowest BCUT2D eigenvalue weighted by atomic mass is 9.88. The Labute approximate surface area is 119 Å². The highest BCUT2D eigenvalue weighted by Crippen LogP contribution is 2.25. The van der Waals surface area contributed by atoms with Crippen LogP contribution in [0.2, 0.25) is 0 Å². The fourth-order valence-electron chi connectivity index (χ4n) is 3.93. The van der Waals surface area contributed by atoms with Crippen LogP contribution in [0, 0.1) is 5.92 Å². The topological polar surface area (TPSA) is 32.5 Å². The summed E-state index contributed by atoms with van der Waals surface area (Å²) in [6.45, 7) is 3.80. The monoisotopic (exact) mass is 267 g/mol. The minimum absolute atomic E-state index is 0.422. The molecule has 2 unspecified atom stereocenters. The van der Waals surface area contributed by atoms with Crippen molar-refractivity contribution < 1.29 is 0 Å². The van der Waals surface area contributed by atoms with Gasteiger partial charge in [0.1, 0.15) is 0 Å². The summed E-state index contributed by atoms with van der Waals surface area (Å²) in [4.78, 5) is 5.05. The third kappa shape index (κ3) is 4.73. The zero-order chi connectivity index (χ0) is 13.7. The highest BCUT2D eigenvalue weighted by atomic mass is 15.2. The molecule has 1 heterocycles. The summed E-state index contributed by atoms with van der Waals surface area (Å²) in [7, 11) is 4.38. The Morgan fingerprint density at radius 3 is 2.21 bits per heavy atom. The zero-order valence-corrected chi connectivity index (χ0v) is 13.0. The standard InChI is InChI=1S/C16H33N3/c1-18(2)13-14-9-11-19(12-10-14)16-8-6-4-3-5-7-15(16)17/h14-16H,3-13,17H2,1-2H3. The lowest BCUT2D eigenvalue weighted by molar-refractivity contribution is 0.0933. The molecule has 3 nitrogen and oxygen atoms in total. The number of nitrogens with two attached hydrogens (primary N) is 1. The van der Waals surface area contributed by atoms with Crippen molar-refractivity contribution in [2.24, 2.45) is 11.7 Å². The van der Waals surface area contributed by atoms with Crippen LogP contribution in [0.1, 0.15) is 51.4 Å². The molecule has 1 saturated carbocycles. The van der Waals surface area contributed by atoms with Gasteiger partial charge in [0.25, 0.3) is 0 Å². The zero-order valence-electron chi connectivity index (χ0n) is 13.0. The second-order valence-corrected chi connectivity index (χ2v) is 6.96. The lowest BCUT2D eigenvalue weighted by Crippen LogP contribution is -2.51. The van der Waals surface area contributed by atoms with Crippen LogP contribution >= 0.6 is 0 Å². The van der Waals surface area contributed by atoms with Crippen LogP contribution in [-0.2, 0) is 0 Å². The van der Waals surface area contributed by atoms with Crippen LogP contribution in [0.5, 0.6) is 0 Å². The van der Waals surface area contributed by atoms with Crippen molar-refractivity contribution in [1.82, 2.24) is 9.80 Å². The molecule has 0 aromatic heterocycles. The number of rotatable bonds is 3. The molecule has 3 heteroatoms. The van der Waals surface area contributed by atoms with Gasteiger partial charge >= 0.3 is 0 Å². The Hall–Kier alpha value is -0.120. The van der Waals surface area contributed by atoms with E-state index in [1.54, 1.807) is 0 Å². The molecule has 0 amide bonds. The van der Waals surface area contributed by atoms with Crippen molar-refractivity contribution in [1.29, 1.82) is 0 Å². The van der Waals surface area contributed by atoms with Crippen LogP contribution in [0.4, 0.5) is 0 Å². The number of piperidine rings is 1. The lowest BCUT2D eigenvalue weighted by Gasteiger charge is -2.41. The molecule has 19 heavy (non-hydrogen) atoms. The average molecular weight is 267 g/mol. The highest BCUT2D eigenvalue weighted by molar-refractivity contribution is 4.86. The van der Waals surface area contributed by atoms with Crippen molar-refractivity contribution in [2.75, 3.05) is 33.7 Å². The minimum atomic E-state index is 0.422. The van der Waals surface area contributed by atoms with Crippen LogP contribution in [0.3, 0.4) is 0 Å². The molecule has 0 bridgehead atoms. The number of nitrogens with zero attached hydrogens (tertiary/aromatic N) is 2. The van der Waals surface area contributed by atoms with Crippen LogP contribution in [0.25, 0.3) is 0 Å². The van der Waals surface area contributed by atoms with Gasteiger partial charge in [-0.3, -0.25) is 4.90 Å². The van der Waals surface area contributed by atoms with E-state index in [1.807, 2.05) is 0 Å². The van der Waals surface area contributed by atoms with E-state index >= 15 is 0 Å². The normalized spacial score (nSPS) is 32.2. The van der Waals surface area contributed by atoms with Crippen molar-refractivity contribution in [2.45, 2.75) is 63.5 Å². The maximum Gasteiger partial charge on any atom is 0.0247 e. The van der Waals surface area contributed by atoms with Crippen molar-refractivity contribution >= 4 is 0 Å². The molecule has 0 radical (unpaired) electrons. The van der Waals surface area contributed by atoms with Crippen molar-refractivity contribution in [3.63, 3.8) is 0 Å². The molecule has 2 rings (SSSR count). The molecule has 2 N–H and O–H groups in total. The summed E-state index contributed by atoms with van der Waals surface area (Å²) in [6.07, 6.45) is 10.8. The summed E-state index contributed by atoms with van der Waals surface area (Å²) in [5, 5.41) is 0. The Morgan fingerprint density at radius 2 is 1.58 bits per heavy atom. The number of hydrogen-bond acceptors (Lipinski definition) is 3. The second-order valence-electron chi connectivity index (χ2n) is 6.96. The quantitative estimate of drug-likeness (QED) is 0.852. The third-order valence-electron chi connectivity index (χ3n) is 5.02. The second kappa shape index (κ2) is 7.61. The summed E-state index contributed by atoms with van der Waals surface area (Å²) in [5.74, 6) is 0.899. The first-order valence-electron chi connectivity index (χ1n) is 8.31. The van der Waals surface area contributed by atoms with E-state index in [-0.39, 0.29) is 0 Å². The maximum absolute atomic E-state index is 6.44. The van der Waals surface area contributed by atoms with Gasteiger partial charge in [-0.15, -0.1) is 0 Å².